The Kier molecular flexibility index (Phi) is 5.05. The van der Waals surface area contributed by atoms with Crippen molar-refractivity contribution < 1.29 is 14.0 Å². The molecule has 6 heteroatoms. The summed E-state index contributed by atoms with van der Waals surface area (Å²) < 4.78 is 13.5. The fraction of sp³-hybridized carbons (Fsp3) is 0.118. The van der Waals surface area contributed by atoms with Crippen molar-refractivity contribution in [1.29, 1.82) is 5.26 Å². The summed E-state index contributed by atoms with van der Waals surface area (Å²) in [6.45, 7) is 1.07. The van der Waals surface area contributed by atoms with Crippen LogP contribution in [-0.4, -0.2) is 18.4 Å². The van der Waals surface area contributed by atoms with E-state index in [-0.39, 0.29) is 18.1 Å². The summed E-state index contributed by atoms with van der Waals surface area (Å²) in [5, 5.41) is 11.2. The van der Waals surface area contributed by atoms with Crippen LogP contribution in [0.15, 0.2) is 48.5 Å². The van der Waals surface area contributed by atoms with Gasteiger partial charge in [0.2, 0.25) is 11.8 Å². The van der Waals surface area contributed by atoms with E-state index in [0.717, 1.165) is 0 Å². The van der Waals surface area contributed by atoms with E-state index in [4.69, 9.17) is 5.26 Å². The lowest BCUT2D eigenvalue weighted by Crippen LogP contribution is -2.36. The van der Waals surface area contributed by atoms with Crippen molar-refractivity contribution in [3.63, 3.8) is 0 Å². The SMILES string of the molecule is CC(=O)N(CC(=O)Nc1ccccc1F)c1ccc(C#N)cc1. The first-order valence-corrected chi connectivity index (χ1v) is 6.84. The standard InChI is InChI=1S/C17H14FN3O2/c1-12(22)21(14-8-6-13(10-19)7-9-14)11-17(23)20-16-5-3-2-4-15(16)18/h2-9H,11H2,1H3,(H,20,23). The topological polar surface area (TPSA) is 73.2 Å². The van der Waals surface area contributed by atoms with Gasteiger partial charge in [-0.3, -0.25) is 9.59 Å². The van der Waals surface area contributed by atoms with Gasteiger partial charge >= 0.3 is 0 Å². The van der Waals surface area contributed by atoms with Crippen molar-refractivity contribution in [1.82, 2.24) is 0 Å². The third kappa shape index (κ3) is 4.14. The largest absolute Gasteiger partial charge is 0.322 e. The zero-order valence-electron chi connectivity index (χ0n) is 12.4. The average Bonchev–Trinajstić information content (AvgIpc) is 2.55. The quantitative estimate of drug-likeness (QED) is 0.943. The molecule has 0 aliphatic heterocycles. The lowest BCUT2D eigenvalue weighted by molar-refractivity contribution is -0.120. The molecule has 0 aliphatic carbocycles. The lowest BCUT2D eigenvalue weighted by atomic mass is 10.2. The fourth-order valence-electron chi connectivity index (χ4n) is 2.00. The number of nitriles is 1. The Labute approximate surface area is 133 Å². The minimum Gasteiger partial charge on any atom is -0.322 e. The van der Waals surface area contributed by atoms with E-state index in [2.05, 4.69) is 5.32 Å². The first-order valence-electron chi connectivity index (χ1n) is 6.84. The van der Waals surface area contributed by atoms with Crippen molar-refractivity contribution >= 4 is 23.2 Å². The van der Waals surface area contributed by atoms with E-state index in [1.165, 1.54) is 30.0 Å². The molecule has 2 rings (SSSR count). The number of rotatable bonds is 4. The van der Waals surface area contributed by atoms with Crippen LogP contribution in [0.4, 0.5) is 15.8 Å². The summed E-state index contributed by atoms with van der Waals surface area (Å²) in [5.41, 5.74) is 0.995. The molecule has 0 heterocycles. The highest BCUT2D eigenvalue weighted by Gasteiger charge is 2.16. The van der Waals surface area contributed by atoms with Gasteiger partial charge in [-0.2, -0.15) is 5.26 Å². The third-order valence-electron chi connectivity index (χ3n) is 3.14. The molecule has 116 valence electrons. The summed E-state index contributed by atoms with van der Waals surface area (Å²) in [6, 6.07) is 14.0. The second-order valence-corrected chi connectivity index (χ2v) is 4.79. The number of carbonyl (C=O) groups is 2. The average molecular weight is 311 g/mol. The van der Waals surface area contributed by atoms with Gasteiger partial charge in [0.05, 0.1) is 17.3 Å². The van der Waals surface area contributed by atoms with E-state index in [1.54, 1.807) is 30.3 Å². The Morgan fingerprint density at radius 3 is 2.39 bits per heavy atom. The number of halogens is 1. The molecule has 5 nitrogen and oxygen atoms in total. The van der Waals surface area contributed by atoms with Gasteiger partial charge in [0.1, 0.15) is 12.4 Å². The minimum absolute atomic E-state index is 0.0563. The molecular weight excluding hydrogens is 297 g/mol. The Bertz CT molecular complexity index is 766. The van der Waals surface area contributed by atoms with Crippen molar-refractivity contribution in [2.75, 3.05) is 16.8 Å². The highest BCUT2D eigenvalue weighted by molar-refractivity contribution is 6.01. The number of anilines is 2. The van der Waals surface area contributed by atoms with E-state index in [1.807, 2.05) is 6.07 Å². The molecule has 0 spiro atoms. The molecular formula is C17H14FN3O2. The maximum Gasteiger partial charge on any atom is 0.244 e. The first kappa shape index (κ1) is 16.2. The van der Waals surface area contributed by atoms with Crippen LogP contribution in [0, 0.1) is 17.1 Å². The van der Waals surface area contributed by atoms with Crippen LogP contribution in [-0.2, 0) is 9.59 Å². The summed E-state index contributed by atoms with van der Waals surface area (Å²) in [6.07, 6.45) is 0. The van der Waals surface area contributed by atoms with Crippen LogP contribution in [0.25, 0.3) is 0 Å². The maximum absolute atomic E-state index is 13.5. The normalized spacial score (nSPS) is 9.78. The molecule has 0 atom stereocenters. The van der Waals surface area contributed by atoms with E-state index in [9.17, 15) is 14.0 Å². The van der Waals surface area contributed by atoms with E-state index >= 15 is 0 Å². The number of amides is 2. The van der Waals surface area contributed by atoms with Gasteiger partial charge in [0.25, 0.3) is 0 Å². The number of benzene rings is 2. The predicted molar refractivity (Wildman–Crippen MR) is 84.2 cm³/mol. The monoisotopic (exact) mass is 311 g/mol. The van der Waals surface area contributed by atoms with Gasteiger partial charge in [-0.25, -0.2) is 4.39 Å². The molecule has 2 aromatic rings. The molecule has 0 saturated heterocycles. The van der Waals surface area contributed by atoms with Crippen molar-refractivity contribution in [3.8, 4) is 6.07 Å². The Morgan fingerprint density at radius 1 is 1.17 bits per heavy atom. The number of nitrogens with zero attached hydrogens (tertiary/aromatic N) is 2. The predicted octanol–water partition coefficient (Wildman–Crippen LogP) is 2.69. The molecule has 0 unspecified atom stereocenters. The van der Waals surface area contributed by atoms with Gasteiger partial charge in [0, 0.05) is 12.6 Å². The molecule has 23 heavy (non-hydrogen) atoms. The molecule has 0 aromatic heterocycles. The number of hydrogen-bond acceptors (Lipinski definition) is 3. The zero-order valence-corrected chi connectivity index (χ0v) is 12.4. The number of nitrogens with one attached hydrogen (secondary N) is 1. The van der Waals surface area contributed by atoms with Crippen molar-refractivity contribution in [2.24, 2.45) is 0 Å². The second-order valence-electron chi connectivity index (χ2n) is 4.79. The molecule has 0 radical (unpaired) electrons. The molecule has 2 aromatic carbocycles. The van der Waals surface area contributed by atoms with Gasteiger partial charge in [-0.05, 0) is 36.4 Å². The zero-order chi connectivity index (χ0) is 16.8. The number of para-hydroxylation sites is 1. The highest BCUT2D eigenvalue weighted by Crippen LogP contribution is 2.16. The van der Waals surface area contributed by atoms with Gasteiger partial charge in [-0.1, -0.05) is 12.1 Å². The minimum atomic E-state index is -0.548. The summed E-state index contributed by atoms with van der Waals surface area (Å²) in [7, 11) is 0. The Hall–Kier alpha value is -3.20. The molecule has 1 N–H and O–H groups in total. The van der Waals surface area contributed by atoms with Gasteiger partial charge in [0.15, 0.2) is 0 Å². The second kappa shape index (κ2) is 7.18. The molecule has 0 saturated carbocycles. The fourth-order valence-corrected chi connectivity index (χ4v) is 2.00. The van der Waals surface area contributed by atoms with Crippen molar-refractivity contribution in [3.05, 3.63) is 59.9 Å². The van der Waals surface area contributed by atoms with Crippen molar-refractivity contribution in [2.45, 2.75) is 6.92 Å². The molecule has 0 bridgehead atoms. The van der Waals surface area contributed by atoms with E-state index < -0.39 is 11.7 Å². The van der Waals surface area contributed by atoms with Crippen LogP contribution in [0.1, 0.15) is 12.5 Å². The Balaban J connectivity index is 2.13. The van der Waals surface area contributed by atoms with Crippen LogP contribution in [0.3, 0.4) is 0 Å². The number of hydrogen-bond donors (Lipinski definition) is 1. The summed E-state index contributed by atoms with van der Waals surface area (Å²) in [4.78, 5) is 25.1. The first-order chi connectivity index (χ1) is 11.0. The molecule has 0 fully saturated rings. The third-order valence-corrected chi connectivity index (χ3v) is 3.14. The van der Waals surface area contributed by atoms with Crippen LogP contribution in [0.5, 0.6) is 0 Å². The van der Waals surface area contributed by atoms with Gasteiger partial charge < -0.3 is 10.2 Å². The maximum atomic E-state index is 13.5. The highest BCUT2D eigenvalue weighted by atomic mass is 19.1. The molecule has 0 aliphatic rings. The van der Waals surface area contributed by atoms with Crippen LogP contribution in [0.2, 0.25) is 0 Å². The van der Waals surface area contributed by atoms with Crippen LogP contribution >= 0.6 is 0 Å². The van der Waals surface area contributed by atoms with E-state index in [0.29, 0.717) is 11.3 Å². The molecule has 2 amide bonds. The summed E-state index contributed by atoms with van der Waals surface area (Å²) in [5.74, 6) is -1.40. The Morgan fingerprint density at radius 2 is 1.83 bits per heavy atom. The summed E-state index contributed by atoms with van der Waals surface area (Å²) >= 11 is 0. The smallest absolute Gasteiger partial charge is 0.244 e. The van der Waals surface area contributed by atoms with Gasteiger partial charge in [-0.15, -0.1) is 0 Å². The lowest BCUT2D eigenvalue weighted by Gasteiger charge is -2.20. The van der Waals surface area contributed by atoms with Crippen LogP contribution < -0.4 is 10.2 Å². The number of carbonyl (C=O) groups excluding carboxylic acids is 2.